The van der Waals surface area contributed by atoms with Gasteiger partial charge in [-0.25, -0.2) is 4.79 Å². The van der Waals surface area contributed by atoms with Gasteiger partial charge in [0.25, 0.3) is 0 Å². The Bertz CT molecular complexity index is 388. The first-order valence-corrected chi connectivity index (χ1v) is 6.02. The van der Waals surface area contributed by atoms with Gasteiger partial charge in [0.15, 0.2) is 5.78 Å². The van der Waals surface area contributed by atoms with E-state index in [0.29, 0.717) is 24.1 Å². The fraction of sp³-hybridized carbons (Fsp3) is 0.364. The number of nitrogens with one attached hydrogen (secondary N) is 1. The summed E-state index contributed by atoms with van der Waals surface area (Å²) in [7, 11) is 0. The number of carboxylic acid groups (broad SMARTS) is 1. The van der Waals surface area contributed by atoms with Gasteiger partial charge in [0.2, 0.25) is 6.41 Å². The van der Waals surface area contributed by atoms with E-state index in [4.69, 9.17) is 5.11 Å². The zero-order chi connectivity index (χ0) is 12.7. The van der Waals surface area contributed by atoms with Crippen LogP contribution in [-0.2, 0) is 9.59 Å². The third kappa shape index (κ3) is 4.36. The highest BCUT2D eigenvalue weighted by molar-refractivity contribution is 7.12. The summed E-state index contributed by atoms with van der Waals surface area (Å²) in [6.45, 7) is 0. The maximum absolute atomic E-state index is 11.6. The molecule has 0 saturated heterocycles. The zero-order valence-corrected chi connectivity index (χ0v) is 9.90. The van der Waals surface area contributed by atoms with Gasteiger partial charge in [0.1, 0.15) is 6.04 Å². The third-order valence-electron chi connectivity index (χ3n) is 2.26. The van der Waals surface area contributed by atoms with Gasteiger partial charge in [-0.2, -0.15) is 0 Å². The molecule has 0 fully saturated rings. The van der Waals surface area contributed by atoms with Gasteiger partial charge in [-0.05, 0) is 24.3 Å². The van der Waals surface area contributed by atoms with Crippen LogP contribution in [0.3, 0.4) is 0 Å². The van der Waals surface area contributed by atoms with Crippen LogP contribution in [0.5, 0.6) is 0 Å². The second kappa shape index (κ2) is 6.80. The molecule has 17 heavy (non-hydrogen) atoms. The van der Waals surface area contributed by atoms with Gasteiger partial charge in [0.05, 0.1) is 4.88 Å². The maximum Gasteiger partial charge on any atom is 0.326 e. The lowest BCUT2D eigenvalue weighted by Crippen LogP contribution is -2.35. The highest BCUT2D eigenvalue weighted by Gasteiger charge is 2.16. The van der Waals surface area contributed by atoms with Crippen LogP contribution in [-0.4, -0.2) is 29.3 Å². The van der Waals surface area contributed by atoms with E-state index >= 15 is 0 Å². The highest BCUT2D eigenvalue weighted by Crippen LogP contribution is 2.13. The molecule has 1 aromatic heterocycles. The van der Waals surface area contributed by atoms with E-state index in [2.05, 4.69) is 5.32 Å². The van der Waals surface area contributed by atoms with Crippen LogP contribution in [0.25, 0.3) is 0 Å². The van der Waals surface area contributed by atoms with Crippen LogP contribution in [0.1, 0.15) is 28.9 Å². The first-order chi connectivity index (χ1) is 8.15. The number of carboxylic acids is 1. The number of hydrogen-bond donors (Lipinski definition) is 2. The van der Waals surface area contributed by atoms with Crippen molar-refractivity contribution >= 4 is 29.5 Å². The normalized spacial score (nSPS) is 11.8. The molecule has 0 aliphatic rings. The van der Waals surface area contributed by atoms with Crippen LogP contribution >= 0.6 is 11.3 Å². The monoisotopic (exact) mass is 255 g/mol. The third-order valence-corrected chi connectivity index (χ3v) is 3.17. The molecule has 0 spiro atoms. The lowest BCUT2D eigenvalue weighted by atomic mass is 10.1. The van der Waals surface area contributed by atoms with Crippen LogP contribution in [0, 0.1) is 0 Å². The van der Waals surface area contributed by atoms with Crippen molar-refractivity contribution in [1.29, 1.82) is 0 Å². The quantitative estimate of drug-likeness (QED) is 0.541. The number of hydrogen-bond acceptors (Lipinski definition) is 4. The van der Waals surface area contributed by atoms with Crippen molar-refractivity contribution in [2.75, 3.05) is 0 Å². The fourth-order valence-corrected chi connectivity index (χ4v) is 2.08. The highest BCUT2D eigenvalue weighted by atomic mass is 32.1. The van der Waals surface area contributed by atoms with Gasteiger partial charge >= 0.3 is 5.97 Å². The number of aliphatic carboxylic acids is 1. The van der Waals surface area contributed by atoms with E-state index in [9.17, 15) is 14.4 Å². The molecule has 2 N–H and O–H groups in total. The Kier molecular flexibility index (Phi) is 5.35. The Morgan fingerprint density at radius 1 is 1.53 bits per heavy atom. The van der Waals surface area contributed by atoms with E-state index in [1.54, 1.807) is 12.1 Å². The van der Waals surface area contributed by atoms with Gasteiger partial charge in [-0.1, -0.05) is 6.07 Å². The molecular weight excluding hydrogens is 242 g/mol. The minimum Gasteiger partial charge on any atom is -0.480 e. The molecule has 6 heteroatoms. The number of carbonyl (C=O) groups is 3. The zero-order valence-electron chi connectivity index (χ0n) is 9.09. The summed E-state index contributed by atoms with van der Waals surface area (Å²) in [5.74, 6) is -1.07. The molecule has 0 aliphatic heterocycles. The van der Waals surface area contributed by atoms with E-state index < -0.39 is 12.0 Å². The van der Waals surface area contributed by atoms with Gasteiger partial charge < -0.3 is 10.4 Å². The van der Waals surface area contributed by atoms with Gasteiger partial charge in [-0.3, -0.25) is 9.59 Å². The first kappa shape index (κ1) is 13.4. The largest absolute Gasteiger partial charge is 0.480 e. The lowest BCUT2D eigenvalue weighted by Gasteiger charge is -2.09. The lowest BCUT2D eigenvalue weighted by molar-refractivity contribution is -0.140. The minimum atomic E-state index is -1.08. The van der Waals surface area contributed by atoms with Crippen molar-refractivity contribution in [2.45, 2.75) is 25.3 Å². The fourth-order valence-electron chi connectivity index (χ4n) is 1.39. The Labute approximate surface area is 102 Å². The van der Waals surface area contributed by atoms with E-state index in [-0.39, 0.29) is 12.2 Å². The molecule has 5 nitrogen and oxygen atoms in total. The van der Waals surface area contributed by atoms with Crippen LogP contribution in [0.15, 0.2) is 17.5 Å². The summed E-state index contributed by atoms with van der Waals surface area (Å²) < 4.78 is 0. The second-order valence-corrected chi connectivity index (χ2v) is 4.42. The summed E-state index contributed by atoms with van der Waals surface area (Å²) in [5.41, 5.74) is 0. The Morgan fingerprint density at radius 3 is 2.82 bits per heavy atom. The number of carbonyl (C=O) groups excluding carboxylic acids is 2. The van der Waals surface area contributed by atoms with Crippen molar-refractivity contribution in [1.82, 2.24) is 5.32 Å². The molecule has 0 saturated carbocycles. The average molecular weight is 255 g/mol. The SMILES string of the molecule is O=CNC(CCCC(=O)c1cccs1)C(=O)O. The molecule has 1 unspecified atom stereocenters. The van der Waals surface area contributed by atoms with Crippen molar-refractivity contribution in [3.63, 3.8) is 0 Å². The average Bonchev–Trinajstić information content (AvgIpc) is 2.81. The summed E-state index contributed by atoms with van der Waals surface area (Å²) in [5, 5.41) is 12.8. The molecule has 0 aliphatic carbocycles. The molecule has 1 aromatic rings. The minimum absolute atomic E-state index is 0.00948. The molecular formula is C11H13NO4S. The predicted octanol–water partition coefficient (Wildman–Crippen LogP) is 1.30. The summed E-state index contributed by atoms with van der Waals surface area (Å²) in [6.07, 6.45) is 1.35. The standard InChI is InChI=1S/C11H13NO4S/c13-7-12-8(11(15)16)3-1-4-9(14)10-5-2-6-17-10/h2,5-8H,1,3-4H2,(H,12,13)(H,15,16). The van der Waals surface area contributed by atoms with Crippen molar-refractivity contribution in [3.05, 3.63) is 22.4 Å². The van der Waals surface area contributed by atoms with Crippen LogP contribution in [0.4, 0.5) is 0 Å². The van der Waals surface area contributed by atoms with Crippen molar-refractivity contribution < 1.29 is 19.5 Å². The Hall–Kier alpha value is -1.69. The molecule has 0 radical (unpaired) electrons. The number of rotatable bonds is 8. The van der Waals surface area contributed by atoms with E-state index in [1.165, 1.54) is 11.3 Å². The van der Waals surface area contributed by atoms with Gasteiger partial charge in [-0.15, -0.1) is 11.3 Å². The molecule has 1 heterocycles. The smallest absolute Gasteiger partial charge is 0.326 e. The Balaban J connectivity index is 2.33. The predicted molar refractivity (Wildman–Crippen MR) is 63.1 cm³/mol. The van der Waals surface area contributed by atoms with E-state index in [1.807, 2.05) is 5.38 Å². The molecule has 0 aromatic carbocycles. The van der Waals surface area contributed by atoms with Crippen LogP contribution < -0.4 is 5.32 Å². The summed E-state index contributed by atoms with van der Waals surface area (Å²) >= 11 is 1.37. The number of Topliss-reactive ketones (excluding diaryl/α,β-unsaturated/α-hetero) is 1. The number of ketones is 1. The van der Waals surface area contributed by atoms with Gasteiger partial charge in [0, 0.05) is 6.42 Å². The molecule has 1 atom stereocenters. The summed E-state index contributed by atoms with van der Waals surface area (Å²) in [6, 6.07) is 2.63. The summed E-state index contributed by atoms with van der Waals surface area (Å²) in [4.78, 5) is 33.1. The first-order valence-electron chi connectivity index (χ1n) is 5.14. The number of thiophene rings is 1. The molecule has 0 bridgehead atoms. The molecule has 1 amide bonds. The Morgan fingerprint density at radius 2 is 2.29 bits per heavy atom. The van der Waals surface area contributed by atoms with Crippen LogP contribution in [0.2, 0.25) is 0 Å². The molecule has 92 valence electrons. The number of amides is 1. The van der Waals surface area contributed by atoms with E-state index in [0.717, 1.165) is 0 Å². The van der Waals surface area contributed by atoms with Crippen molar-refractivity contribution in [3.8, 4) is 0 Å². The topological polar surface area (TPSA) is 83.5 Å². The van der Waals surface area contributed by atoms with Crippen molar-refractivity contribution in [2.24, 2.45) is 0 Å². The molecule has 1 rings (SSSR count). The maximum atomic E-state index is 11.6. The second-order valence-electron chi connectivity index (χ2n) is 3.47.